The van der Waals surface area contributed by atoms with E-state index in [2.05, 4.69) is 16.1 Å². The highest BCUT2D eigenvalue weighted by molar-refractivity contribution is 7.89. The lowest BCUT2D eigenvalue weighted by atomic mass is 10.1. The third-order valence-electron chi connectivity index (χ3n) is 4.94. The predicted octanol–water partition coefficient (Wildman–Crippen LogP) is 4.00. The van der Waals surface area contributed by atoms with Crippen LogP contribution in [0.15, 0.2) is 47.4 Å². The van der Waals surface area contributed by atoms with E-state index in [1.165, 1.54) is 19.2 Å². The van der Waals surface area contributed by atoms with Gasteiger partial charge in [0.25, 0.3) is 0 Å². The number of hydrogen-bond donors (Lipinski definition) is 2. The van der Waals surface area contributed by atoms with Gasteiger partial charge in [-0.25, -0.2) is 13.1 Å². The van der Waals surface area contributed by atoms with Gasteiger partial charge in [0.2, 0.25) is 10.0 Å². The molecule has 184 valence electrons. The average Bonchev–Trinajstić information content (AvgIpc) is 2.77. The molecule has 0 atom stereocenters. The van der Waals surface area contributed by atoms with Gasteiger partial charge in [-0.2, -0.15) is 0 Å². The monoisotopic (exact) mass is 498 g/mol. The molecule has 0 heterocycles. The number of carbonyl (C=O) groups excluding carboxylic acids is 1. The third-order valence-corrected chi connectivity index (χ3v) is 6.62. The van der Waals surface area contributed by atoms with Gasteiger partial charge in [-0.3, -0.25) is 4.79 Å². The van der Waals surface area contributed by atoms with Crippen LogP contribution in [0.4, 0.5) is 0 Å². The van der Waals surface area contributed by atoms with E-state index in [9.17, 15) is 13.2 Å². The molecular formula is C24H35ClN2O5S. The second kappa shape index (κ2) is 14.2. The lowest BCUT2D eigenvalue weighted by molar-refractivity contribution is 0.0979. The Morgan fingerprint density at radius 3 is 2.33 bits per heavy atom. The molecule has 2 aromatic rings. The van der Waals surface area contributed by atoms with Crippen molar-refractivity contribution in [2.75, 3.05) is 27.3 Å². The zero-order valence-electron chi connectivity index (χ0n) is 19.7. The molecule has 2 N–H and O–H groups in total. The van der Waals surface area contributed by atoms with E-state index >= 15 is 0 Å². The van der Waals surface area contributed by atoms with Crippen LogP contribution in [0.3, 0.4) is 0 Å². The molecule has 9 heteroatoms. The molecule has 0 aliphatic rings. The summed E-state index contributed by atoms with van der Waals surface area (Å²) >= 11 is 0. The second-order valence-electron chi connectivity index (χ2n) is 7.83. The Morgan fingerprint density at radius 2 is 1.67 bits per heavy atom. The van der Waals surface area contributed by atoms with Crippen LogP contribution in [0.5, 0.6) is 11.5 Å². The van der Waals surface area contributed by atoms with Crippen molar-refractivity contribution < 1.29 is 22.7 Å². The summed E-state index contributed by atoms with van der Waals surface area (Å²) in [5.74, 6) is 1.03. The number of benzene rings is 2. The molecule has 2 aromatic carbocycles. The van der Waals surface area contributed by atoms with Crippen molar-refractivity contribution in [2.45, 2.75) is 50.5 Å². The van der Waals surface area contributed by atoms with E-state index in [0.29, 0.717) is 12.0 Å². The molecule has 0 aliphatic carbocycles. The fraction of sp³-hybridized carbons (Fsp3) is 0.458. The molecule has 0 bridgehead atoms. The summed E-state index contributed by atoms with van der Waals surface area (Å²) in [5, 5.41) is 3.39. The molecule has 33 heavy (non-hydrogen) atoms. The number of carbonyl (C=O) groups is 1. The molecule has 0 radical (unpaired) electrons. The Labute approximate surface area is 203 Å². The smallest absolute Gasteiger partial charge is 0.244 e. The van der Waals surface area contributed by atoms with E-state index in [0.717, 1.165) is 43.7 Å². The number of sulfonamides is 1. The van der Waals surface area contributed by atoms with Gasteiger partial charge in [0.1, 0.15) is 16.4 Å². The van der Waals surface area contributed by atoms with Gasteiger partial charge in [-0.1, -0.05) is 18.2 Å². The van der Waals surface area contributed by atoms with Crippen LogP contribution in [0.1, 0.15) is 49.0 Å². The highest BCUT2D eigenvalue weighted by Crippen LogP contribution is 2.26. The highest BCUT2D eigenvalue weighted by Gasteiger charge is 2.22. The maximum Gasteiger partial charge on any atom is 0.244 e. The van der Waals surface area contributed by atoms with Gasteiger partial charge in [-0.05, 0) is 76.0 Å². The molecule has 0 unspecified atom stereocenters. The van der Waals surface area contributed by atoms with E-state index in [1.807, 2.05) is 18.2 Å². The molecular weight excluding hydrogens is 464 g/mol. The minimum absolute atomic E-state index is 0. The van der Waals surface area contributed by atoms with Crippen LogP contribution in [-0.2, 0) is 16.4 Å². The minimum Gasteiger partial charge on any atom is -0.496 e. The molecule has 0 spiro atoms. The predicted molar refractivity (Wildman–Crippen MR) is 133 cm³/mol. The summed E-state index contributed by atoms with van der Waals surface area (Å²) in [6, 6.07) is 12.2. The summed E-state index contributed by atoms with van der Waals surface area (Å²) in [6.07, 6.45) is 2.81. The standard InChI is InChI=1S/C24H34N2O5S.ClH/c1-18(2)26-32(28,29)24-17-20(12-13-23(24)31-4)21(27)10-7-8-15-25-16-14-19-9-5-6-11-22(19)30-3;/h5-6,9,11-13,17-18,25-26H,7-8,10,14-16H2,1-4H3;1H. The highest BCUT2D eigenvalue weighted by atomic mass is 35.5. The number of ketones is 1. The van der Waals surface area contributed by atoms with Gasteiger partial charge >= 0.3 is 0 Å². The number of nitrogens with one attached hydrogen (secondary N) is 2. The number of ether oxygens (including phenoxy) is 2. The number of rotatable bonds is 14. The van der Waals surface area contributed by atoms with Crippen molar-refractivity contribution in [3.05, 3.63) is 53.6 Å². The van der Waals surface area contributed by atoms with Gasteiger partial charge in [-0.15, -0.1) is 12.4 Å². The minimum atomic E-state index is -3.77. The van der Waals surface area contributed by atoms with Crippen molar-refractivity contribution in [1.29, 1.82) is 0 Å². The SMILES string of the molecule is COc1ccccc1CCNCCCCC(=O)c1ccc(OC)c(S(=O)(=O)NC(C)C)c1.Cl. The summed E-state index contributed by atoms with van der Waals surface area (Å²) in [5.41, 5.74) is 1.54. The molecule has 0 aromatic heterocycles. The van der Waals surface area contributed by atoms with Gasteiger partial charge in [0, 0.05) is 18.0 Å². The van der Waals surface area contributed by atoms with E-state index in [-0.39, 0.29) is 34.9 Å². The number of Topliss-reactive ketones (excluding diaryl/α,β-unsaturated/α-hetero) is 1. The first kappa shape index (κ1) is 28.9. The first-order valence-corrected chi connectivity index (χ1v) is 12.3. The topological polar surface area (TPSA) is 93.7 Å². The van der Waals surface area contributed by atoms with Crippen molar-refractivity contribution in [2.24, 2.45) is 0 Å². The second-order valence-corrected chi connectivity index (χ2v) is 9.52. The maximum absolute atomic E-state index is 12.6. The van der Waals surface area contributed by atoms with Crippen molar-refractivity contribution in [3.63, 3.8) is 0 Å². The van der Waals surface area contributed by atoms with Crippen LogP contribution in [-0.4, -0.2) is 47.6 Å². The van der Waals surface area contributed by atoms with Crippen molar-refractivity contribution in [1.82, 2.24) is 10.0 Å². The van der Waals surface area contributed by atoms with Gasteiger partial charge < -0.3 is 14.8 Å². The van der Waals surface area contributed by atoms with Gasteiger partial charge in [0.05, 0.1) is 14.2 Å². The molecule has 0 fully saturated rings. The normalized spacial score (nSPS) is 11.2. The lowest BCUT2D eigenvalue weighted by Gasteiger charge is -2.14. The first-order chi connectivity index (χ1) is 15.3. The Hall–Kier alpha value is -2.13. The van der Waals surface area contributed by atoms with E-state index in [4.69, 9.17) is 9.47 Å². The summed E-state index contributed by atoms with van der Waals surface area (Å²) in [6.45, 7) is 5.12. The Morgan fingerprint density at radius 1 is 0.970 bits per heavy atom. The zero-order valence-corrected chi connectivity index (χ0v) is 21.4. The third kappa shape index (κ3) is 8.97. The Bertz CT molecular complexity index is 996. The molecule has 7 nitrogen and oxygen atoms in total. The van der Waals surface area contributed by atoms with Crippen molar-refractivity contribution in [3.8, 4) is 11.5 Å². The fourth-order valence-corrected chi connectivity index (χ4v) is 4.82. The van der Waals surface area contributed by atoms with Crippen LogP contribution in [0.25, 0.3) is 0 Å². The quantitative estimate of drug-likeness (QED) is 0.302. The summed E-state index contributed by atoms with van der Waals surface area (Å²) < 4.78 is 38.2. The van der Waals surface area contributed by atoms with Crippen LogP contribution < -0.4 is 19.5 Å². The number of hydrogen-bond acceptors (Lipinski definition) is 6. The average molecular weight is 499 g/mol. The number of methoxy groups -OCH3 is 2. The molecule has 0 saturated carbocycles. The number of halogens is 1. The largest absolute Gasteiger partial charge is 0.496 e. The number of unbranched alkanes of at least 4 members (excludes halogenated alkanes) is 1. The van der Waals surface area contributed by atoms with Crippen LogP contribution in [0, 0.1) is 0 Å². The Balaban J connectivity index is 0.00000544. The lowest BCUT2D eigenvalue weighted by Crippen LogP contribution is -2.30. The maximum atomic E-state index is 12.6. The molecule has 2 rings (SSSR count). The molecule has 0 aliphatic heterocycles. The fourth-order valence-electron chi connectivity index (χ4n) is 3.37. The van der Waals surface area contributed by atoms with Gasteiger partial charge in [0.15, 0.2) is 5.78 Å². The summed E-state index contributed by atoms with van der Waals surface area (Å²) in [4.78, 5) is 12.6. The van der Waals surface area contributed by atoms with Crippen molar-refractivity contribution >= 4 is 28.2 Å². The number of para-hydroxylation sites is 1. The summed E-state index contributed by atoms with van der Waals surface area (Å²) in [7, 11) is -0.687. The molecule has 0 saturated heterocycles. The van der Waals surface area contributed by atoms with E-state index in [1.54, 1.807) is 27.0 Å². The molecule has 0 amide bonds. The zero-order chi connectivity index (χ0) is 23.6. The Kier molecular flexibility index (Phi) is 12.4. The van der Waals surface area contributed by atoms with E-state index < -0.39 is 10.0 Å². The first-order valence-electron chi connectivity index (χ1n) is 10.8. The van der Waals surface area contributed by atoms with Crippen LogP contribution in [0.2, 0.25) is 0 Å². The van der Waals surface area contributed by atoms with Crippen LogP contribution >= 0.6 is 12.4 Å².